The highest BCUT2D eigenvalue weighted by molar-refractivity contribution is 6.42. The number of pyridine rings is 1. The third-order valence-corrected chi connectivity index (χ3v) is 3.21. The molecular weight excluding hydrogens is 299 g/mol. The second-order valence-electron chi connectivity index (χ2n) is 4.00. The van der Waals surface area contributed by atoms with Crippen LogP contribution in [0.25, 0.3) is 0 Å². The summed E-state index contributed by atoms with van der Waals surface area (Å²) in [7, 11) is 0. The summed E-state index contributed by atoms with van der Waals surface area (Å²) in [5.74, 6) is 0.274. The minimum atomic E-state index is -0.222. The molecule has 20 heavy (non-hydrogen) atoms. The first-order valence-corrected chi connectivity index (χ1v) is 6.64. The normalized spacial score (nSPS) is 10.1. The molecule has 0 aliphatic carbocycles. The Morgan fingerprint density at radius 1 is 1.25 bits per heavy atom. The molecule has 0 saturated carbocycles. The molecule has 1 heterocycles. The fourth-order valence-electron chi connectivity index (χ4n) is 1.47. The van der Waals surface area contributed by atoms with Crippen LogP contribution in [0.2, 0.25) is 10.0 Å². The number of nitrogens with one attached hydrogen (secondary N) is 1. The van der Waals surface area contributed by atoms with E-state index in [0.29, 0.717) is 22.3 Å². The van der Waals surface area contributed by atoms with E-state index in [-0.39, 0.29) is 12.5 Å². The van der Waals surface area contributed by atoms with E-state index in [9.17, 15) is 4.79 Å². The number of aromatic nitrogens is 1. The van der Waals surface area contributed by atoms with Crippen LogP contribution in [-0.4, -0.2) is 17.5 Å². The zero-order valence-corrected chi connectivity index (χ0v) is 12.0. The topological polar surface area (TPSA) is 51.2 Å². The largest absolute Gasteiger partial charge is 0.484 e. The molecule has 0 atom stereocenters. The summed E-state index contributed by atoms with van der Waals surface area (Å²) in [6.45, 7) is 0.329. The average molecular weight is 311 g/mol. The van der Waals surface area contributed by atoms with Crippen LogP contribution in [0.3, 0.4) is 0 Å². The van der Waals surface area contributed by atoms with E-state index < -0.39 is 0 Å². The summed E-state index contributed by atoms with van der Waals surface area (Å²) in [4.78, 5) is 15.6. The van der Waals surface area contributed by atoms with E-state index >= 15 is 0 Å². The van der Waals surface area contributed by atoms with Gasteiger partial charge in [0.05, 0.1) is 10.0 Å². The number of hydrogen-bond acceptors (Lipinski definition) is 3. The fraction of sp³-hybridized carbons (Fsp3) is 0.143. The van der Waals surface area contributed by atoms with Gasteiger partial charge in [-0.3, -0.25) is 9.78 Å². The zero-order chi connectivity index (χ0) is 14.4. The molecule has 0 aliphatic heterocycles. The molecule has 1 amide bonds. The van der Waals surface area contributed by atoms with Crippen molar-refractivity contribution in [2.24, 2.45) is 0 Å². The van der Waals surface area contributed by atoms with Gasteiger partial charge in [-0.25, -0.2) is 0 Å². The van der Waals surface area contributed by atoms with Crippen LogP contribution in [0.15, 0.2) is 42.7 Å². The van der Waals surface area contributed by atoms with Crippen molar-refractivity contribution in [2.75, 3.05) is 6.61 Å². The molecule has 0 saturated heterocycles. The van der Waals surface area contributed by atoms with Crippen LogP contribution in [0.1, 0.15) is 5.56 Å². The van der Waals surface area contributed by atoms with Crippen molar-refractivity contribution in [1.29, 1.82) is 0 Å². The van der Waals surface area contributed by atoms with E-state index in [1.165, 1.54) is 0 Å². The third kappa shape index (κ3) is 4.40. The Hall–Kier alpha value is -1.78. The summed E-state index contributed by atoms with van der Waals surface area (Å²) >= 11 is 11.6. The minimum Gasteiger partial charge on any atom is -0.484 e. The van der Waals surface area contributed by atoms with Gasteiger partial charge in [-0.1, -0.05) is 29.3 Å². The second-order valence-corrected chi connectivity index (χ2v) is 4.82. The SMILES string of the molecule is O=C(COc1ccc(Cl)c(Cl)c1)NCc1cccnc1. The van der Waals surface area contributed by atoms with Crippen LogP contribution in [0, 0.1) is 0 Å². The van der Waals surface area contributed by atoms with Gasteiger partial charge in [-0.05, 0) is 23.8 Å². The lowest BCUT2D eigenvalue weighted by Crippen LogP contribution is -2.28. The molecule has 0 bridgehead atoms. The first kappa shape index (κ1) is 14.6. The standard InChI is InChI=1S/C14H12Cl2N2O2/c15-12-4-3-11(6-13(12)16)20-9-14(19)18-8-10-2-1-5-17-7-10/h1-7H,8-9H2,(H,18,19). The van der Waals surface area contributed by atoms with E-state index in [0.717, 1.165) is 5.56 Å². The number of ether oxygens (including phenoxy) is 1. The maximum absolute atomic E-state index is 11.6. The predicted octanol–water partition coefficient (Wildman–Crippen LogP) is 3.08. The maximum atomic E-state index is 11.6. The van der Waals surface area contributed by atoms with Gasteiger partial charge in [0.1, 0.15) is 5.75 Å². The molecule has 1 aromatic heterocycles. The van der Waals surface area contributed by atoms with Crippen molar-refractivity contribution in [2.45, 2.75) is 6.54 Å². The molecule has 0 unspecified atom stereocenters. The molecule has 0 aliphatic rings. The van der Waals surface area contributed by atoms with Crippen molar-refractivity contribution in [3.05, 3.63) is 58.3 Å². The number of halogens is 2. The first-order valence-electron chi connectivity index (χ1n) is 5.88. The molecule has 0 spiro atoms. The van der Waals surface area contributed by atoms with Crippen LogP contribution in [0.4, 0.5) is 0 Å². The number of rotatable bonds is 5. The van der Waals surface area contributed by atoms with Crippen molar-refractivity contribution in [3.63, 3.8) is 0 Å². The molecule has 0 fully saturated rings. The van der Waals surface area contributed by atoms with Crippen LogP contribution in [-0.2, 0) is 11.3 Å². The zero-order valence-electron chi connectivity index (χ0n) is 10.5. The minimum absolute atomic E-state index is 0.0851. The monoisotopic (exact) mass is 310 g/mol. The maximum Gasteiger partial charge on any atom is 0.258 e. The smallest absolute Gasteiger partial charge is 0.258 e. The molecular formula is C14H12Cl2N2O2. The molecule has 2 rings (SSSR count). The predicted molar refractivity (Wildman–Crippen MR) is 78.0 cm³/mol. The average Bonchev–Trinajstić information content (AvgIpc) is 2.47. The lowest BCUT2D eigenvalue weighted by Gasteiger charge is -2.08. The number of carbonyl (C=O) groups is 1. The van der Waals surface area contributed by atoms with Crippen molar-refractivity contribution >= 4 is 29.1 Å². The molecule has 6 heteroatoms. The summed E-state index contributed by atoms with van der Waals surface area (Å²) < 4.78 is 5.32. The van der Waals surface area contributed by atoms with Crippen LogP contribution < -0.4 is 10.1 Å². The fourth-order valence-corrected chi connectivity index (χ4v) is 1.76. The van der Waals surface area contributed by atoms with Gasteiger partial charge in [-0.15, -0.1) is 0 Å². The van der Waals surface area contributed by atoms with E-state index in [2.05, 4.69) is 10.3 Å². The van der Waals surface area contributed by atoms with E-state index in [1.807, 2.05) is 12.1 Å². The summed E-state index contributed by atoms with van der Waals surface area (Å²) in [6, 6.07) is 8.54. The lowest BCUT2D eigenvalue weighted by molar-refractivity contribution is -0.123. The Balaban J connectivity index is 1.79. The second kappa shape index (κ2) is 7.12. The van der Waals surface area contributed by atoms with Crippen LogP contribution in [0.5, 0.6) is 5.75 Å². The van der Waals surface area contributed by atoms with Gasteiger partial charge in [0.2, 0.25) is 0 Å². The Morgan fingerprint density at radius 2 is 2.10 bits per heavy atom. The van der Waals surface area contributed by atoms with Gasteiger partial charge in [0.15, 0.2) is 6.61 Å². The van der Waals surface area contributed by atoms with Crippen molar-refractivity contribution < 1.29 is 9.53 Å². The highest BCUT2D eigenvalue weighted by Crippen LogP contribution is 2.26. The first-order chi connectivity index (χ1) is 9.65. The number of benzene rings is 1. The quantitative estimate of drug-likeness (QED) is 0.923. The summed E-state index contributed by atoms with van der Waals surface area (Å²) in [5.41, 5.74) is 0.926. The van der Waals surface area contributed by atoms with Gasteiger partial charge in [0, 0.05) is 25.0 Å². The Bertz CT molecular complexity index is 591. The van der Waals surface area contributed by atoms with Crippen molar-refractivity contribution in [3.8, 4) is 5.75 Å². The number of hydrogen-bond donors (Lipinski definition) is 1. The number of carbonyl (C=O) groups excluding carboxylic acids is 1. The molecule has 0 radical (unpaired) electrons. The molecule has 1 N–H and O–H groups in total. The Morgan fingerprint density at radius 3 is 2.80 bits per heavy atom. The number of amides is 1. The number of nitrogens with zero attached hydrogens (tertiary/aromatic N) is 1. The highest BCUT2D eigenvalue weighted by atomic mass is 35.5. The van der Waals surface area contributed by atoms with Crippen molar-refractivity contribution in [1.82, 2.24) is 10.3 Å². The Labute approximate surface area is 126 Å². The van der Waals surface area contributed by atoms with Gasteiger partial charge >= 0.3 is 0 Å². The molecule has 104 valence electrons. The molecule has 1 aromatic carbocycles. The highest BCUT2D eigenvalue weighted by Gasteiger charge is 2.04. The van der Waals surface area contributed by atoms with Gasteiger partial charge < -0.3 is 10.1 Å². The van der Waals surface area contributed by atoms with E-state index in [1.54, 1.807) is 30.6 Å². The Kier molecular flexibility index (Phi) is 5.21. The van der Waals surface area contributed by atoms with Crippen LogP contribution >= 0.6 is 23.2 Å². The van der Waals surface area contributed by atoms with E-state index in [4.69, 9.17) is 27.9 Å². The molecule has 2 aromatic rings. The van der Waals surface area contributed by atoms with Gasteiger partial charge in [0.25, 0.3) is 5.91 Å². The third-order valence-electron chi connectivity index (χ3n) is 2.47. The molecule has 4 nitrogen and oxygen atoms in total. The lowest BCUT2D eigenvalue weighted by atomic mass is 10.3. The van der Waals surface area contributed by atoms with Gasteiger partial charge in [-0.2, -0.15) is 0 Å². The summed E-state index contributed by atoms with van der Waals surface area (Å²) in [5, 5.41) is 3.57. The summed E-state index contributed by atoms with van der Waals surface area (Å²) in [6.07, 6.45) is 3.37.